The van der Waals surface area contributed by atoms with Crippen molar-refractivity contribution in [2.45, 2.75) is 12.8 Å². The number of Topliss-reactive ketones (excluding diaryl/α,β-unsaturated/α-hetero) is 1. The van der Waals surface area contributed by atoms with Gasteiger partial charge >= 0.3 is 6.29 Å². The molecule has 0 spiro atoms. The number of hydrogen-bond donors (Lipinski definition) is 1. The van der Waals surface area contributed by atoms with Crippen LogP contribution < -0.4 is 19.5 Å². The predicted octanol–water partition coefficient (Wildman–Crippen LogP) is 2.91. The Balaban J connectivity index is 0.00000225. The summed E-state index contributed by atoms with van der Waals surface area (Å²) < 4.78 is 16.8. The highest BCUT2D eigenvalue weighted by atomic mass is 35.5. The van der Waals surface area contributed by atoms with Crippen LogP contribution in [0.1, 0.15) is 5.56 Å². The van der Waals surface area contributed by atoms with E-state index in [1.54, 1.807) is 24.3 Å². The summed E-state index contributed by atoms with van der Waals surface area (Å²) in [5, 5.41) is 3.96. The number of fused-ring (bicyclic) bond motifs is 1. The molecule has 8 heteroatoms. The number of ether oxygens (including phenoxy) is 3. The molecule has 1 fully saturated rings. The van der Waals surface area contributed by atoms with E-state index in [2.05, 4.69) is 10.2 Å². The molecule has 2 aliphatic heterocycles. The summed E-state index contributed by atoms with van der Waals surface area (Å²) >= 11 is 5.84. The quantitative estimate of drug-likeness (QED) is 0.768. The van der Waals surface area contributed by atoms with Crippen LogP contribution in [0.5, 0.6) is 17.2 Å². The molecule has 1 atom stereocenters. The summed E-state index contributed by atoms with van der Waals surface area (Å²) in [6.07, 6.45) is -0.971. The van der Waals surface area contributed by atoms with E-state index >= 15 is 0 Å². The van der Waals surface area contributed by atoms with E-state index in [1.165, 1.54) is 0 Å². The summed E-state index contributed by atoms with van der Waals surface area (Å²) in [5.74, 6) is 1.49. The maximum absolute atomic E-state index is 12.3. The Hall–Kier alpha value is -1.99. The zero-order valence-electron chi connectivity index (χ0n) is 15.2. The normalized spacial score (nSPS) is 18.4. The number of halogens is 2. The zero-order valence-corrected chi connectivity index (χ0v) is 16.8. The van der Waals surface area contributed by atoms with Gasteiger partial charge in [-0.3, -0.25) is 9.69 Å². The van der Waals surface area contributed by atoms with Crippen molar-refractivity contribution in [2.24, 2.45) is 0 Å². The Labute approximate surface area is 175 Å². The standard InChI is InChI=1S/C20H21ClN2O4.ClH/c21-15-2-4-16(5-3-15)25-13-17(24)20-26-18-6-1-14(11-19(18)27-20)12-23-9-7-22-8-10-23;/h1-6,11,20,22H,7-10,12-13H2;1H. The molecule has 0 radical (unpaired) electrons. The lowest BCUT2D eigenvalue weighted by Gasteiger charge is -2.27. The minimum absolute atomic E-state index is 0. The molecule has 2 aromatic rings. The summed E-state index contributed by atoms with van der Waals surface area (Å²) in [6.45, 7) is 4.79. The van der Waals surface area contributed by atoms with Crippen LogP contribution in [0, 0.1) is 0 Å². The molecule has 2 heterocycles. The molecule has 0 saturated carbocycles. The van der Waals surface area contributed by atoms with Gasteiger partial charge in [0.05, 0.1) is 0 Å². The van der Waals surface area contributed by atoms with Gasteiger partial charge in [-0.25, -0.2) is 0 Å². The molecule has 1 saturated heterocycles. The maximum Gasteiger partial charge on any atom is 0.304 e. The van der Waals surface area contributed by atoms with Crippen molar-refractivity contribution in [3.8, 4) is 17.2 Å². The lowest BCUT2D eigenvalue weighted by Crippen LogP contribution is -2.42. The Morgan fingerprint density at radius 1 is 1.11 bits per heavy atom. The largest absolute Gasteiger partial charge is 0.486 e. The topological polar surface area (TPSA) is 60.0 Å². The van der Waals surface area contributed by atoms with Crippen LogP contribution >= 0.6 is 24.0 Å². The number of carbonyl (C=O) groups excluding carboxylic acids is 1. The van der Waals surface area contributed by atoms with Crippen molar-refractivity contribution in [3.63, 3.8) is 0 Å². The molecule has 0 bridgehead atoms. The Kier molecular flexibility index (Phi) is 7.02. The third-order valence-corrected chi connectivity index (χ3v) is 4.80. The number of nitrogens with zero attached hydrogens (tertiary/aromatic N) is 1. The van der Waals surface area contributed by atoms with E-state index in [1.807, 2.05) is 18.2 Å². The van der Waals surface area contributed by atoms with Gasteiger partial charge < -0.3 is 19.5 Å². The van der Waals surface area contributed by atoms with Crippen molar-refractivity contribution in [1.29, 1.82) is 0 Å². The average molecular weight is 425 g/mol. The van der Waals surface area contributed by atoms with Gasteiger partial charge in [0.1, 0.15) is 5.75 Å². The molecule has 4 rings (SSSR count). The van der Waals surface area contributed by atoms with E-state index in [0.29, 0.717) is 22.3 Å². The van der Waals surface area contributed by atoms with Gasteiger partial charge in [0.15, 0.2) is 18.1 Å². The van der Waals surface area contributed by atoms with Gasteiger partial charge in [-0.1, -0.05) is 17.7 Å². The Morgan fingerprint density at radius 3 is 2.57 bits per heavy atom. The van der Waals surface area contributed by atoms with E-state index in [4.69, 9.17) is 25.8 Å². The predicted molar refractivity (Wildman–Crippen MR) is 109 cm³/mol. The van der Waals surface area contributed by atoms with Crippen LogP contribution in [0.2, 0.25) is 5.02 Å². The fourth-order valence-electron chi connectivity index (χ4n) is 3.11. The van der Waals surface area contributed by atoms with Crippen LogP contribution in [0.15, 0.2) is 42.5 Å². The highest BCUT2D eigenvalue weighted by Crippen LogP contribution is 2.36. The van der Waals surface area contributed by atoms with E-state index in [0.717, 1.165) is 38.3 Å². The van der Waals surface area contributed by atoms with E-state index in [9.17, 15) is 4.79 Å². The van der Waals surface area contributed by atoms with Gasteiger partial charge in [0.25, 0.3) is 5.78 Å². The first kappa shape index (κ1) is 20.7. The monoisotopic (exact) mass is 424 g/mol. The second-order valence-electron chi connectivity index (χ2n) is 6.58. The minimum atomic E-state index is -0.971. The number of rotatable bonds is 6. The summed E-state index contributed by atoms with van der Waals surface area (Å²) in [4.78, 5) is 14.7. The summed E-state index contributed by atoms with van der Waals surface area (Å²) in [5.41, 5.74) is 1.14. The van der Waals surface area contributed by atoms with E-state index in [-0.39, 0.29) is 24.8 Å². The highest BCUT2D eigenvalue weighted by molar-refractivity contribution is 6.30. The van der Waals surface area contributed by atoms with Crippen molar-refractivity contribution in [1.82, 2.24) is 10.2 Å². The number of hydrogen-bond acceptors (Lipinski definition) is 6. The van der Waals surface area contributed by atoms with Gasteiger partial charge in [-0.05, 0) is 42.0 Å². The molecule has 2 aromatic carbocycles. The van der Waals surface area contributed by atoms with Crippen LogP contribution in [0.25, 0.3) is 0 Å². The smallest absolute Gasteiger partial charge is 0.304 e. The molecule has 1 N–H and O–H groups in total. The first-order valence-corrected chi connectivity index (χ1v) is 9.35. The Bertz CT molecular complexity index is 810. The first-order chi connectivity index (χ1) is 13.2. The fraction of sp³-hybridized carbons (Fsp3) is 0.350. The van der Waals surface area contributed by atoms with Crippen LogP contribution in [-0.2, 0) is 11.3 Å². The molecular formula is C20H22Cl2N2O4. The summed E-state index contributed by atoms with van der Waals surface area (Å²) in [7, 11) is 0. The zero-order chi connectivity index (χ0) is 18.6. The highest BCUT2D eigenvalue weighted by Gasteiger charge is 2.31. The lowest BCUT2D eigenvalue weighted by molar-refractivity contribution is -0.136. The average Bonchev–Trinajstić information content (AvgIpc) is 3.12. The van der Waals surface area contributed by atoms with Crippen LogP contribution in [0.4, 0.5) is 0 Å². The molecule has 0 aliphatic carbocycles. The number of ketones is 1. The number of benzene rings is 2. The van der Waals surface area contributed by atoms with Crippen LogP contribution in [-0.4, -0.2) is 49.8 Å². The minimum Gasteiger partial charge on any atom is -0.486 e. The van der Waals surface area contributed by atoms with Gasteiger partial charge in [0.2, 0.25) is 0 Å². The number of piperazine rings is 1. The van der Waals surface area contributed by atoms with Crippen molar-refractivity contribution in [2.75, 3.05) is 32.8 Å². The SMILES string of the molecule is Cl.O=C(COc1ccc(Cl)cc1)C1Oc2ccc(CN3CCNCC3)cc2O1. The van der Waals surface area contributed by atoms with Gasteiger partial charge in [-0.2, -0.15) is 0 Å². The molecule has 150 valence electrons. The molecule has 1 unspecified atom stereocenters. The molecule has 0 aromatic heterocycles. The third-order valence-electron chi connectivity index (χ3n) is 4.55. The third kappa shape index (κ3) is 5.08. The second-order valence-corrected chi connectivity index (χ2v) is 7.02. The fourth-order valence-corrected chi connectivity index (χ4v) is 3.23. The molecule has 6 nitrogen and oxygen atoms in total. The molecule has 0 amide bonds. The van der Waals surface area contributed by atoms with Gasteiger partial charge in [-0.15, -0.1) is 12.4 Å². The number of nitrogens with one attached hydrogen (secondary N) is 1. The first-order valence-electron chi connectivity index (χ1n) is 8.98. The van der Waals surface area contributed by atoms with Crippen molar-refractivity contribution in [3.05, 3.63) is 53.1 Å². The molecular weight excluding hydrogens is 403 g/mol. The van der Waals surface area contributed by atoms with Crippen LogP contribution in [0.3, 0.4) is 0 Å². The molecule has 28 heavy (non-hydrogen) atoms. The maximum atomic E-state index is 12.3. The lowest BCUT2D eigenvalue weighted by atomic mass is 10.2. The van der Waals surface area contributed by atoms with Gasteiger partial charge in [0, 0.05) is 37.7 Å². The summed E-state index contributed by atoms with van der Waals surface area (Å²) in [6, 6.07) is 12.7. The molecule has 2 aliphatic rings. The Morgan fingerprint density at radius 2 is 1.82 bits per heavy atom. The van der Waals surface area contributed by atoms with Crippen molar-refractivity contribution >= 4 is 29.8 Å². The second kappa shape index (κ2) is 9.47. The number of carbonyl (C=O) groups is 1. The van der Waals surface area contributed by atoms with Crippen molar-refractivity contribution < 1.29 is 19.0 Å². The van der Waals surface area contributed by atoms with E-state index < -0.39 is 6.29 Å².